The summed E-state index contributed by atoms with van der Waals surface area (Å²) < 4.78 is 0. The Hall–Kier alpha value is -0.460. The maximum Gasteiger partial charge on any atom is 4.00 e. The zero-order chi connectivity index (χ0) is 19.7. The van der Waals surface area contributed by atoms with Crippen molar-refractivity contribution in [2.24, 2.45) is 0 Å². The Balaban J connectivity index is 0.000000597. The van der Waals surface area contributed by atoms with Crippen LogP contribution in [0.4, 0.5) is 0 Å². The molecule has 4 rings (SSSR count). The maximum absolute atomic E-state index is 2.40. The maximum atomic E-state index is 2.40. The van der Waals surface area contributed by atoms with Crippen LogP contribution in [0, 0.1) is 0 Å². The van der Waals surface area contributed by atoms with Gasteiger partial charge < -0.3 is 24.8 Å². The van der Waals surface area contributed by atoms with Gasteiger partial charge in [-0.05, 0) is 10.3 Å². The Morgan fingerprint density at radius 1 is 0.667 bits per heavy atom. The molecule has 0 N–H and O–H groups in total. The van der Waals surface area contributed by atoms with Crippen LogP contribution in [0.1, 0.15) is 41.5 Å². The molecule has 158 valence electrons. The summed E-state index contributed by atoms with van der Waals surface area (Å²) in [6, 6.07) is 28.2. The topological polar surface area (TPSA) is 0 Å². The number of benzene rings is 2. The van der Waals surface area contributed by atoms with Crippen molar-refractivity contribution in [3.05, 3.63) is 78.9 Å². The summed E-state index contributed by atoms with van der Waals surface area (Å²) in [7, 11) is -0.185. The van der Waals surface area contributed by atoms with Crippen molar-refractivity contribution in [2.45, 2.75) is 51.9 Å². The van der Waals surface area contributed by atoms with Gasteiger partial charge >= 0.3 is 25.8 Å². The number of halogens is 2. The van der Waals surface area contributed by atoms with Crippen LogP contribution in [0.2, 0.25) is 0 Å². The summed E-state index contributed by atoms with van der Waals surface area (Å²) in [5, 5.41) is 7.67. The molecular formula is C26H31Cl2HfP. The summed E-state index contributed by atoms with van der Waals surface area (Å²) in [5.74, 6) is 0. The van der Waals surface area contributed by atoms with Crippen molar-refractivity contribution >= 4 is 34.8 Å². The van der Waals surface area contributed by atoms with Gasteiger partial charge in [0.05, 0.1) is 0 Å². The fraction of sp³-hybridized carbons (Fsp3) is 0.308. The normalized spacial score (nSPS) is 11.2. The third-order valence-corrected chi connectivity index (χ3v) is 8.21. The van der Waals surface area contributed by atoms with Crippen molar-refractivity contribution in [1.82, 2.24) is 0 Å². The minimum atomic E-state index is -0.185. The van der Waals surface area contributed by atoms with Gasteiger partial charge in [0.15, 0.2) is 0 Å². The first-order valence-corrected chi connectivity index (χ1v) is 11.1. The van der Waals surface area contributed by atoms with Gasteiger partial charge in [-0.25, -0.2) is 0 Å². The van der Waals surface area contributed by atoms with E-state index in [0.717, 1.165) is 0 Å². The van der Waals surface area contributed by atoms with Gasteiger partial charge in [0, 0.05) is 0 Å². The van der Waals surface area contributed by atoms with Crippen LogP contribution in [0.5, 0.6) is 0 Å². The van der Waals surface area contributed by atoms with Crippen LogP contribution < -0.4 is 30.1 Å². The summed E-state index contributed by atoms with van der Waals surface area (Å²) in [4.78, 5) is 0. The first kappa shape index (κ1) is 29.5. The van der Waals surface area contributed by atoms with Gasteiger partial charge in [-0.15, -0.1) is 70.0 Å². The molecule has 0 amide bonds. The molecule has 0 radical (unpaired) electrons. The number of hydrogen-bond donors (Lipinski definition) is 0. The van der Waals surface area contributed by atoms with E-state index >= 15 is 0 Å². The zero-order valence-corrected chi connectivity index (χ0v) is 24.7. The predicted octanol–water partition coefficient (Wildman–Crippen LogP) is 1.83. The third-order valence-electron chi connectivity index (χ3n) is 4.75. The smallest absolute Gasteiger partial charge is 1.00 e. The van der Waals surface area contributed by atoms with E-state index in [2.05, 4.69) is 120 Å². The molecule has 4 heteroatoms. The quantitative estimate of drug-likeness (QED) is 0.173. The molecule has 0 aliphatic rings. The van der Waals surface area contributed by atoms with Gasteiger partial charge in [0.1, 0.15) is 0 Å². The van der Waals surface area contributed by atoms with E-state index in [1.165, 1.54) is 21.5 Å². The average molecular weight is 624 g/mol. The third kappa shape index (κ3) is 7.30. The van der Waals surface area contributed by atoms with E-state index in [-0.39, 0.29) is 58.6 Å². The second-order valence-electron chi connectivity index (χ2n) is 9.17. The number of rotatable bonds is 1. The molecule has 0 fully saturated rings. The van der Waals surface area contributed by atoms with Crippen LogP contribution in [-0.2, 0) is 25.8 Å². The van der Waals surface area contributed by atoms with E-state index in [4.69, 9.17) is 0 Å². The monoisotopic (exact) mass is 624 g/mol. The molecule has 0 saturated heterocycles. The summed E-state index contributed by atoms with van der Waals surface area (Å²) in [6.45, 7) is 14.3. The average Bonchev–Trinajstić information content (AvgIpc) is 3.18. The van der Waals surface area contributed by atoms with Gasteiger partial charge in [0.2, 0.25) is 0 Å². The predicted molar refractivity (Wildman–Crippen MR) is 125 cm³/mol. The Labute approximate surface area is 214 Å². The van der Waals surface area contributed by atoms with E-state index in [1.807, 2.05) is 0 Å². The number of hydrogen-bond acceptors (Lipinski definition) is 0. The molecule has 4 aromatic rings. The van der Waals surface area contributed by atoms with Crippen LogP contribution in [0.15, 0.2) is 78.9 Å². The summed E-state index contributed by atoms with van der Waals surface area (Å²) in [6.07, 6.45) is 0. The molecule has 0 aromatic heterocycles. The van der Waals surface area contributed by atoms with Crippen LogP contribution >= 0.6 is 7.92 Å². The van der Waals surface area contributed by atoms with Crippen LogP contribution in [-0.4, -0.2) is 10.3 Å². The fourth-order valence-electron chi connectivity index (χ4n) is 4.11. The summed E-state index contributed by atoms with van der Waals surface area (Å²) in [5.41, 5.74) is 0. The van der Waals surface area contributed by atoms with Crippen molar-refractivity contribution in [3.8, 4) is 0 Å². The Morgan fingerprint density at radius 3 is 1.67 bits per heavy atom. The molecule has 0 nitrogen and oxygen atoms in total. The minimum Gasteiger partial charge on any atom is -1.00 e. The standard InChI is InChI=1S/C17H24P.C9H7.2ClH.Hf/c1-16(2,3)18(17(4,5)6)15-11-13-9-7-8-10-14(13)12-15;1-2-5-9-7-3-6-8(9)4-1;;;/h7-12H,1-6H3;1-7H;2*1H;/q2*-1;;;+4/p-2. The van der Waals surface area contributed by atoms with Crippen molar-refractivity contribution in [3.63, 3.8) is 0 Å². The minimum absolute atomic E-state index is 0. The number of fused-ring (bicyclic) bond motifs is 2. The molecule has 0 atom stereocenters. The molecule has 0 bridgehead atoms. The SMILES string of the molecule is CC(C)(C)P(c1cc2ccccc2[cH-]1)C(C)(C)C.[Cl-].[Cl-].[Hf+4].c1ccc2[cH-]ccc2c1. The molecule has 0 heterocycles. The molecule has 4 aromatic carbocycles. The van der Waals surface area contributed by atoms with E-state index in [9.17, 15) is 0 Å². The van der Waals surface area contributed by atoms with Gasteiger partial charge in [-0.1, -0.05) is 61.6 Å². The van der Waals surface area contributed by atoms with Crippen molar-refractivity contribution < 1.29 is 50.7 Å². The Bertz CT molecular complexity index is 941. The fourth-order valence-corrected chi connectivity index (χ4v) is 8.21. The molecular weight excluding hydrogens is 593 g/mol. The van der Waals surface area contributed by atoms with Crippen molar-refractivity contribution in [2.75, 3.05) is 0 Å². The largest absolute Gasteiger partial charge is 4.00 e. The molecule has 0 aliphatic carbocycles. The van der Waals surface area contributed by atoms with E-state index in [0.29, 0.717) is 10.3 Å². The van der Waals surface area contributed by atoms with E-state index in [1.54, 1.807) is 5.30 Å². The molecule has 30 heavy (non-hydrogen) atoms. The van der Waals surface area contributed by atoms with Gasteiger partial charge in [-0.2, -0.15) is 23.6 Å². The Morgan fingerprint density at radius 2 is 1.17 bits per heavy atom. The first-order chi connectivity index (χ1) is 12.7. The van der Waals surface area contributed by atoms with Crippen molar-refractivity contribution in [1.29, 1.82) is 0 Å². The van der Waals surface area contributed by atoms with Gasteiger partial charge in [-0.3, -0.25) is 0 Å². The zero-order valence-electron chi connectivity index (χ0n) is 18.7. The molecule has 0 unspecified atom stereocenters. The molecule has 0 saturated carbocycles. The Kier molecular flexibility index (Phi) is 11.8. The second kappa shape index (κ2) is 12.0. The summed E-state index contributed by atoms with van der Waals surface area (Å²) >= 11 is 0. The molecule has 0 aliphatic heterocycles. The van der Waals surface area contributed by atoms with E-state index < -0.39 is 0 Å². The van der Waals surface area contributed by atoms with Gasteiger partial charge in [0.25, 0.3) is 0 Å². The first-order valence-electron chi connectivity index (χ1n) is 9.72. The van der Waals surface area contributed by atoms with Crippen LogP contribution in [0.25, 0.3) is 21.5 Å². The molecule has 0 spiro atoms. The van der Waals surface area contributed by atoms with Crippen LogP contribution in [0.3, 0.4) is 0 Å². The second-order valence-corrected chi connectivity index (χ2v) is 13.0.